The summed E-state index contributed by atoms with van der Waals surface area (Å²) in [5, 5.41) is 0. The predicted octanol–water partition coefficient (Wildman–Crippen LogP) is 4.87. The van der Waals surface area contributed by atoms with Crippen LogP contribution in [-0.2, 0) is 59.8 Å². The molecule has 1 saturated heterocycles. The average molecular weight is 625 g/mol. The maximum absolute atomic E-state index is 12.4. The molecule has 2 heterocycles. The van der Waals surface area contributed by atoms with Crippen LogP contribution in [0.1, 0.15) is 49.3 Å². The lowest BCUT2D eigenvalue weighted by Crippen LogP contribution is -2.67. The van der Waals surface area contributed by atoms with Gasteiger partial charge in [0.25, 0.3) is 0 Å². The molecule has 5 atom stereocenters. The summed E-state index contributed by atoms with van der Waals surface area (Å²) < 4.78 is 34.6. The van der Waals surface area contributed by atoms with Crippen LogP contribution in [0.25, 0.3) is 10.4 Å². The Hall–Kier alpha value is -4.06. The molecule has 11 heteroatoms. The number of benzene rings is 2. The number of carbonyl (C=O) groups excluding carboxylic acids is 4. The number of ether oxygens (including phenoxy) is 6. The summed E-state index contributed by atoms with van der Waals surface area (Å²) >= 11 is 1.68. The highest BCUT2D eigenvalue weighted by Gasteiger charge is 2.61. The second kappa shape index (κ2) is 14.1. The molecule has 0 saturated carbocycles. The molecule has 1 aromatic heterocycles. The van der Waals surface area contributed by atoms with E-state index in [4.69, 9.17) is 28.4 Å². The van der Waals surface area contributed by atoms with Crippen molar-refractivity contribution in [2.24, 2.45) is 0 Å². The van der Waals surface area contributed by atoms with E-state index < -0.39 is 54.1 Å². The molecule has 0 amide bonds. The summed E-state index contributed by atoms with van der Waals surface area (Å²) in [6, 6.07) is 19.8. The maximum Gasteiger partial charge on any atom is 0.303 e. The van der Waals surface area contributed by atoms with Crippen molar-refractivity contribution in [1.82, 2.24) is 0 Å². The SMILES string of the molecule is COC1(c2ccc(C)c(Cc3ccc(-c4ccccc4)s3)c2)O[C@H](COC(C)=O)[C@@H](OC(C)=O)[C@H](OC(C)=O)[C@H]1OC(C)=O. The molecule has 0 bridgehead atoms. The van der Waals surface area contributed by atoms with Crippen molar-refractivity contribution >= 4 is 35.2 Å². The van der Waals surface area contributed by atoms with Gasteiger partial charge in [0, 0.05) is 56.5 Å². The zero-order valence-corrected chi connectivity index (χ0v) is 26.3. The van der Waals surface area contributed by atoms with Crippen molar-refractivity contribution in [2.75, 3.05) is 13.7 Å². The van der Waals surface area contributed by atoms with Crippen LogP contribution in [-0.4, -0.2) is 62.0 Å². The molecular formula is C33H36O10S. The van der Waals surface area contributed by atoms with E-state index in [0.29, 0.717) is 12.0 Å². The van der Waals surface area contributed by atoms with Gasteiger partial charge in [0.05, 0.1) is 0 Å². The molecule has 234 valence electrons. The molecule has 1 aliphatic heterocycles. The van der Waals surface area contributed by atoms with E-state index in [0.717, 1.165) is 26.4 Å². The first-order valence-corrected chi connectivity index (χ1v) is 14.9. The number of thiophene rings is 1. The summed E-state index contributed by atoms with van der Waals surface area (Å²) in [5.74, 6) is -4.60. The number of hydrogen-bond acceptors (Lipinski definition) is 11. The molecule has 10 nitrogen and oxygen atoms in total. The van der Waals surface area contributed by atoms with Crippen LogP contribution in [0.3, 0.4) is 0 Å². The summed E-state index contributed by atoms with van der Waals surface area (Å²) in [6.07, 6.45) is -4.64. The zero-order valence-electron chi connectivity index (χ0n) is 25.5. The third-order valence-corrected chi connectivity index (χ3v) is 8.31. The van der Waals surface area contributed by atoms with Gasteiger partial charge in [-0.15, -0.1) is 11.3 Å². The first kappa shape index (κ1) is 32.8. The topological polar surface area (TPSA) is 124 Å². The normalized spacial score (nSPS) is 23.0. The van der Waals surface area contributed by atoms with Gasteiger partial charge >= 0.3 is 23.9 Å². The summed E-state index contributed by atoms with van der Waals surface area (Å²) in [4.78, 5) is 50.9. The molecule has 1 unspecified atom stereocenters. The van der Waals surface area contributed by atoms with E-state index in [9.17, 15) is 19.2 Å². The smallest absolute Gasteiger partial charge is 0.303 e. The Morgan fingerprint density at radius 1 is 0.818 bits per heavy atom. The lowest BCUT2D eigenvalue weighted by atomic mass is 9.85. The Balaban J connectivity index is 1.80. The Morgan fingerprint density at radius 3 is 2.09 bits per heavy atom. The van der Waals surface area contributed by atoms with Crippen molar-refractivity contribution in [1.29, 1.82) is 0 Å². The molecule has 44 heavy (non-hydrogen) atoms. The number of esters is 4. The molecule has 0 spiro atoms. The van der Waals surface area contributed by atoms with Gasteiger partial charge in [-0.25, -0.2) is 0 Å². The molecule has 0 aliphatic carbocycles. The zero-order chi connectivity index (χ0) is 32.0. The third kappa shape index (κ3) is 7.53. The van der Waals surface area contributed by atoms with Crippen LogP contribution in [0.15, 0.2) is 60.7 Å². The van der Waals surface area contributed by atoms with E-state index in [1.165, 1.54) is 34.8 Å². The van der Waals surface area contributed by atoms with E-state index in [2.05, 4.69) is 24.3 Å². The van der Waals surface area contributed by atoms with Gasteiger partial charge in [-0.3, -0.25) is 19.2 Å². The average Bonchev–Trinajstić information content (AvgIpc) is 3.44. The number of hydrogen-bond donors (Lipinski definition) is 0. The van der Waals surface area contributed by atoms with Crippen molar-refractivity contribution in [3.05, 3.63) is 82.2 Å². The van der Waals surface area contributed by atoms with Crippen LogP contribution < -0.4 is 0 Å². The fraction of sp³-hybridized carbons (Fsp3) is 0.394. The van der Waals surface area contributed by atoms with Gasteiger partial charge in [0.15, 0.2) is 12.2 Å². The molecule has 4 rings (SSSR count). The number of methoxy groups -OCH3 is 1. The minimum atomic E-state index is -1.85. The quantitative estimate of drug-likeness (QED) is 0.228. The first-order chi connectivity index (χ1) is 20.9. The fourth-order valence-corrected chi connectivity index (χ4v) is 6.31. The van der Waals surface area contributed by atoms with Crippen molar-refractivity contribution in [2.45, 2.75) is 71.2 Å². The highest BCUT2D eigenvalue weighted by molar-refractivity contribution is 7.15. The van der Waals surface area contributed by atoms with E-state index in [1.54, 1.807) is 17.4 Å². The Kier molecular flexibility index (Phi) is 10.6. The van der Waals surface area contributed by atoms with E-state index in [-0.39, 0.29) is 6.61 Å². The number of rotatable bonds is 10. The fourth-order valence-electron chi connectivity index (χ4n) is 5.28. The lowest BCUT2D eigenvalue weighted by Gasteiger charge is -2.50. The Morgan fingerprint density at radius 2 is 1.48 bits per heavy atom. The number of carbonyl (C=O) groups is 4. The largest absolute Gasteiger partial charge is 0.463 e. The molecular weight excluding hydrogens is 588 g/mol. The highest BCUT2D eigenvalue weighted by Crippen LogP contribution is 2.44. The lowest BCUT2D eigenvalue weighted by molar-refractivity contribution is -0.367. The summed E-state index contributed by atoms with van der Waals surface area (Å²) in [5.41, 5.74) is 3.54. The minimum Gasteiger partial charge on any atom is -0.463 e. The van der Waals surface area contributed by atoms with Crippen LogP contribution in [0.4, 0.5) is 0 Å². The van der Waals surface area contributed by atoms with Gasteiger partial charge in [0.1, 0.15) is 12.7 Å². The molecule has 1 fully saturated rings. The van der Waals surface area contributed by atoms with Crippen LogP contribution in [0, 0.1) is 6.92 Å². The van der Waals surface area contributed by atoms with Gasteiger partial charge in [-0.2, -0.15) is 0 Å². The van der Waals surface area contributed by atoms with Crippen molar-refractivity contribution in [3.63, 3.8) is 0 Å². The Bertz CT molecular complexity index is 1500. The van der Waals surface area contributed by atoms with Gasteiger partial charge in [-0.1, -0.05) is 42.5 Å². The molecule has 2 aromatic carbocycles. The second-order valence-electron chi connectivity index (χ2n) is 10.5. The first-order valence-electron chi connectivity index (χ1n) is 14.1. The van der Waals surface area contributed by atoms with Crippen LogP contribution in [0.5, 0.6) is 0 Å². The van der Waals surface area contributed by atoms with Crippen molar-refractivity contribution in [3.8, 4) is 10.4 Å². The minimum absolute atomic E-state index is 0.362. The molecule has 1 aliphatic rings. The van der Waals surface area contributed by atoms with E-state index >= 15 is 0 Å². The Labute approximate surface area is 260 Å². The molecule has 0 radical (unpaired) electrons. The third-order valence-electron chi connectivity index (χ3n) is 7.18. The summed E-state index contributed by atoms with van der Waals surface area (Å²) in [7, 11) is 1.36. The maximum atomic E-state index is 12.4. The molecule has 3 aromatic rings. The second-order valence-corrected chi connectivity index (χ2v) is 11.6. The van der Waals surface area contributed by atoms with Gasteiger partial charge < -0.3 is 28.4 Å². The molecule has 0 N–H and O–H groups in total. The summed E-state index contributed by atoms with van der Waals surface area (Å²) in [6.45, 7) is 6.38. The van der Waals surface area contributed by atoms with Crippen LogP contribution in [0.2, 0.25) is 0 Å². The van der Waals surface area contributed by atoms with Gasteiger partial charge in [0.2, 0.25) is 11.9 Å². The van der Waals surface area contributed by atoms with Crippen molar-refractivity contribution < 1.29 is 47.6 Å². The van der Waals surface area contributed by atoms with Gasteiger partial charge in [-0.05, 0) is 41.8 Å². The standard InChI is InChI=1S/C33H36O10S/c1-19-12-13-26(16-25(19)17-27-14-15-29(44-27)24-10-8-7-9-11-24)33(38-6)32(42-23(5)37)31(41-22(4)36)30(40-21(3)35)28(43-33)18-39-20(2)34/h7-16,28,30-32H,17-18H2,1-6H3/t28-,30-,31+,32-,33?/m1/s1. The van der Waals surface area contributed by atoms with Crippen LogP contribution >= 0.6 is 11.3 Å². The predicted molar refractivity (Wildman–Crippen MR) is 161 cm³/mol. The number of aryl methyl sites for hydroxylation is 1. The van der Waals surface area contributed by atoms with E-state index in [1.807, 2.05) is 37.3 Å². The highest BCUT2D eigenvalue weighted by atomic mass is 32.1. The monoisotopic (exact) mass is 624 g/mol.